The third-order valence-electron chi connectivity index (χ3n) is 1.20. The molecule has 0 unspecified atom stereocenters. The van der Waals surface area contributed by atoms with Gasteiger partial charge in [-0.1, -0.05) is 11.6 Å². The molecule has 1 aromatic rings. The van der Waals surface area contributed by atoms with Crippen LogP contribution in [0.3, 0.4) is 0 Å². The summed E-state index contributed by atoms with van der Waals surface area (Å²) in [5, 5.41) is 8.81. The predicted octanol–water partition coefficient (Wildman–Crippen LogP) is 1.36. The zero-order valence-corrected chi connectivity index (χ0v) is 6.38. The number of carbonyl (C=O) groups is 1. The van der Waals surface area contributed by atoms with E-state index < -0.39 is 5.97 Å². The predicted molar refractivity (Wildman–Crippen MR) is 40.6 cm³/mol. The highest BCUT2D eigenvalue weighted by atomic mass is 35.5. The summed E-state index contributed by atoms with van der Waals surface area (Å²) in [5.41, 5.74) is 0.592. The lowest BCUT2D eigenvalue weighted by Gasteiger charge is -1.97. The van der Waals surface area contributed by atoms with Crippen molar-refractivity contribution < 1.29 is 9.90 Å². The summed E-state index contributed by atoms with van der Waals surface area (Å²) in [6.45, 7) is 0. The molecule has 1 heterocycles. The van der Waals surface area contributed by atoms with Gasteiger partial charge in [0.2, 0.25) is 0 Å². The Morgan fingerprint density at radius 3 is 3.00 bits per heavy atom. The number of nitrogens with zero attached hydrogens (tertiary/aromatic N) is 1. The summed E-state index contributed by atoms with van der Waals surface area (Å²) in [4.78, 5) is 14.0. The van der Waals surface area contributed by atoms with Crippen LogP contribution in [0.1, 0.15) is 5.56 Å². The molecular weight excluding hydrogens is 166 g/mol. The highest BCUT2D eigenvalue weighted by Gasteiger charge is 2.03. The lowest BCUT2D eigenvalue weighted by atomic mass is 10.2. The molecule has 0 bridgehead atoms. The lowest BCUT2D eigenvalue weighted by Crippen LogP contribution is -2.00. The first-order chi connectivity index (χ1) is 5.20. The minimum absolute atomic E-state index is 0.0542. The van der Waals surface area contributed by atoms with Crippen LogP contribution in [0.15, 0.2) is 18.5 Å². The number of rotatable bonds is 2. The van der Waals surface area contributed by atoms with E-state index in [1.54, 1.807) is 6.07 Å². The number of hydrogen-bond acceptors (Lipinski definition) is 2. The average Bonchev–Trinajstić information content (AvgIpc) is 1.93. The molecule has 0 aromatic carbocycles. The Hall–Kier alpha value is -1.09. The fourth-order valence-electron chi connectivity index (χ4n) is 0.710. The second-order valence-corrected chi connectivity index (χ2v) is 2.44. The maximum Gasteiger partial charge on any atom is 0.307 e. The van der Waals surface area contributed by atoms with Crippen LogP contribution in [0.5, 0.6) is 0 Å². The van der Waals surface area contributed by atoms with Crippen molar-refractivity contribution in [2.24, 2.45) is 0 Å². The van der Waals surface area contributed by atoms with Crippen LogP contribution < -0.4 is 0 Å². The van der Waals surface area contributed by atoms with Crippen molar-refractivity contribution in [3.63, 3.8) is 0 Å². The summed E-state index contributed by atoms with van der Waals surface area (Å²) in [7, 11) is 0. The van der Waals surface area contributed by atoms with Crippen LogP contribution >= 0.6 is 11.6 Å². The monoisotopic (exact) mass is 171 g/mol. The van der Waals surface area contributed by atoms with Crippen molar-refractivity contribution in [1.29, 1.82) is 0 Å². The Labute approximate surface area is 68.6 Å². The van der Waals surface area contributed by atoms with Crippen molar-refractivity contribution in [3.8, 4) is 0 Å². The Kier molecular flexibility index (Phi) is 2.44. The first kappa shape index (κ1) is 8.01. The fourth-order valence-corrected chi connectivity index (χ4v) is 0.896. The van der Waals surface area contributed by atoms with Crippen LogP contribution in [0.2, 0.25) is 5.02 Å². The second kappa shape index (κ2) is 3.34. The van der Waals surface area contributed by atoms with E-state index in [0.717, 1.165) is 0 Å². The van der Waals surface area contributed by atoms with Crippen LogP contribution in [0.4, 0.5) is 0 Å². The Bertz CT molecular complexity index is 275. The Balaban J connectivity index is 2.86. The highest BCUT2D eigenvalue weighted by molar-refractivity contribution is 6.31. The molecule has 1 N–H and O–H groups in total. The molecule has 1 rings (SSSR count). The van der Waals surface area contributed by atoms with Gasteiger partial charge in [0.05, 0.1) is 11.4 Å². The van der Waals surface area contributed by atoms with Gasteiger partial charge in [-0.05, 0) is 11.6 Å². The van der Waals surface area contributed by atoms with Crippen molar-refractivity contribution >= 4 is 17.6 Å². The molecule has 0 radical (unpaired) electrons. The van der Waals surface area contributed by atoms with Crippen molar-refractivity contribution in [2.45, 2.75) is 6.42 Å². The van der Waals surface area contributed by atoms with Crippen LogP contribution in [0.25, 0.3) is 0 Å². The molecule has 0 saturated carbocycles. The van der Waals surface area contributed by atoms with Gasteiger partial charge < -0.3 is 5.11 Å². The van der Waals surface area contributed by atoms with Crippen LogP contribution in [-0.2, 0) is 11.2 Å². The number of carboxylic acid groups (broad SMARTS) is 1. The molecule has 0 amide bonds. The number of halogens is 1. The Morgan fingerprint density at radius 1 is 1.73 bits per heavy atom. The molecule has 0 spiro atoms. The SMILES string of the molecule is O=C(O)Cc1ccncc1Cl. The summed E-state index contributed by atoms with van der Waals surface area (Å²) in [6, 6.07) is 1.59. The third-order valence-corrected chi connectivity index (χ3v) is 1.54. The maximum atomic E-state index is 10.2. The minimum atomic E-state index is -0.891. The summed E-state index contributed by atoms with van der Waals surface area (Å²) in [5.74, 6) is -0.891. The van der Waals surface area contributed by atoms with Gasteiger partial charge in [0.1, 0.15) is 0 Å². The molecule has 0 aliphatic heterocycles. The lowest BCUT2D eigenvalue weighted by molar-refractivity contribution is -0.136. The van der Waals surface area contributed by atoms with E-state index >= 15 is 0 Å². The number of carboxylic acids is 1. The first-order valence-corrected chi connectivity index (χ1v) is 3.38. The van der Waals surface area contributed by atoms with Gasteiger partial charge in [-0.2, -0.15) is 0 Å². The summed E-state index contributed by atoms with van der Waals surface area (Å²) < 4.78 is 0. The molecule has 3 nitrogen and oxygen atoms in total. The number of pyridine rings is 1. The van der Waals surface area contributed by atoms with Gasteiger partial charge >= 0.3 is 5.97 Å². The van der Waals surface area contributed by atoms with E-state index in [2.05, 4.69) is 4.98 Å². The molecule has 0 fully saturated rings. The average molecular weight is 172 g/mol. The van der Waals surface area contributed by atoms with E-state index in [4.69, 9.17) is 16.7 Å². The highest BCUT2D eigenvalue weighted by Crippen LogP contribution is 2.13. The molecule has 11 heavy (non-hydrogen) atoms. The van der Waals surface area contributed by atoms with Gasteiger partial charge in [-0.15, -0.1) is 0 Å². The van der Waals surface area contributed by atoms with Crippen LogP contribution in [-0.4, -0.2) is 16.1 Å². The van der Waals surface area contributed by atoms with Gasteiger partial charge in [0, 0.05) is 12.4 Å². The largest absolute Gasteiger partial charge is 0.481 e. The van der Waals surface area contributed by atoms with Gasteiger partial charge in [0.15, 0.2) is 0 Å². The molecule has 4 heteroatoms. The molecule has 0 aliphatic carbocycles. The molecular formula is C7H6ClNO2. The molecule has 58 valence electrons. The standard InChI is InChI=1S/C7H6ClNO2/c8-6-4-9-2-1-5(6)3-7(10)11/h1-2,4H,3H2,(H,10,11). The summed E-state index contributed by atoms with van der Waals surface area (Å²) in [6.07, 6.45) is 2.89. The maximum absolute atomic E-state index is 10.2. The summed E-state index contributed by atoms with van der Waals surface area (Å²) >= 11 is 5.64. The van der Waals surface area contributed by atoms with Crippen molar-refractivity contribution in [1.82, 2.24) is 4.98 Å². The second-order valence-electron chi connectivity index (χ2n) is 2.04. The van der Waals surface area contributed by atoms with E-state index in [-0.39, 0.29) is 6.42 Å². The normalized spacial score (nSPS) is 9.55. The van der Waals surface area contributed by atoms with E-state index in [0.29, 0.717) is 10.6 Å². The third kappa shape index (κ3) is 2.20. The van der Waals surface area contributed by atoms with Gasteiger partial charge in [0.25, 0.3) is 0 Å². The van der Waals surface area contributed by atoms with E-state index in [9.17, 15) is 4.79 Å². The minimum Gasteiger partial charge on any atom is -0.481 e. The molecule has 0 atom stereocenters. The zero-order chi connectivity index (χ0) is 8.27. The molecule has 0 aliphatic rings. The Morgan fingerprint density at radius 2 is 2.45 bits per heavy atom. The van der Waals surface area contributed by atoms with Gasteiger partial charge in [-0.25, -0.2) is 0 Å². The van der Waals surface area contributed by atoms with E-state index in [1.165, 1.54) is 12.4 Å². The van der Waals surface area contributed by atoms with Crippen molar-refractivity contribution in [3.05, 3.63) is 29.0 Å². The number of aromatic nitrogens is 1. The molecule has 1 aromatic heterocycles. The van der Waals surface area contributed by atoms with E-state index in [1.807, 2.05) is 0 Å². The molecule has 0 saturated heterocycles. The first-order valence-electron chi connectivity index (χ1n) is 3.00. The zero-order valence-electron chi connectivity index (χ0n) is 5.62. The smallest absolute Gasteiger partial charge is 0.307 e. The quantitative estimate of drug-likeness (QED) is 0.731. The van der Waals surface area contributed by atoms with Crippen LogP contribution in [0, 0.1) is 0 Å². The topological polar surface area (TPSA) is 50.2 Å². The number of hydrogen-bond donors (Lipinski definition) is 1. The fraction of sp³-hybridized carbons (Fsp3) is 0.143. The van der Waals surface area contributed by atoms with Crippen molar-refractivity contribution in [2.75, 3.05) is 0 Å². The number of aliphatic carboxylic acids is 1. The van der Waals surface area contributed by atoms with Gasteiger partial charge in [-0.3, -0.25) is 9.78 Å².